The van der Waals surface area contributed by atoms with Gasteiger partial charge >= 0.3 is 0 Å². The number of anilines is 1. The van der Waals surface area contributed by atoms with Crippen LogP contribution in [-0.4, -0.2) is 61.5 Å². The maximum atomic E-state index is 12.9. The van der Waals surface area contributed by atoms with E-state index in [9.17, 15) is 9.59 Å². The summed E-state index contributed by atoms with van der Waals surface area (Å²) in [7, 11) is 0. The fourth-order valence-corrected chi connectivity index (χ4v) is 3.94. The van der Waals surface area contributed by atoms with Crippen LogP contribution >= 0.6 is 11.6 Å². The quantitative estimate of drug-likeness (QED) is 0.473. The highest BCUT2D eigenvalue weighted by Gasteiger charge is 2.22. The van der Waals surface area contributed by atoms with Crippen molar-refractivity contribution in [3.63, 3.8) is 0 Å². The molecule has 0 radical (unpaired) electrons. The number of hydrogen-bond donors (Lipinski definition) is 0. The van der Waals surface area contributed by atoms with Crippen LogP contribution in [0.15, 0.2) is 65.7 Å². The van der Waals surface area contributed by atoms with Crippen LogP contribution in [-0.2, 0) is 11.3 Å². The molecule has 0 bridgehead atoms. The molecule has 1 fully saturated rings. The number of hydrogen-bond acceptors (Lipinski definition) is 6. The molecule has 0 N–H and O–H groups in total. The summed E-state index contributed by atoms with van der Waals surface area (Å²) >= 11 is 5.94. The molecule has 5 rings (SSSR count). The molecule has 32 heavy (non-hydrogen) atoms. The maximum absolute atomic E-state index is 12.9. The van der Waals surface area contributed by atoms with Gasteiger partial charge in [0.2, 0.25) is 5.91 Å². The van der Waals surface area contributed by atoms with Crippen LogP contribution in [0.1, 0.15) is 0 Å². The van der Waals surface area contributed by atoms with E-state index in [2.05, 4.69) is 32.3 Å². The summed E-state index contributed by atoms with van der Waals surface area (Å²) in [5.74, 6) is -0.119. The van der Waals surface area contributed by atoms with Gasteiger partial charge in [-0.15, -0.1) is 5.10 Å². The summed E-state index contributed by atoms with van der Waals surface area (Å²) in [6, 6.07) is 17.1. The average Bonchev–Trinajstić information content (AvgIpc) is 3.27. The predicted octanol–water partition coefficient (Wildman–Crippen LogP) is 1.98. The summed E-state index contributed by atoms with van der Waals surface area (Å²) in [6.45, 7) is 2.62. The molecule has 2 aromatic carbocycles. The number of para-hydroxylation sites is 1. The minimum atomic E-state index is -0.397. The fourth-order valence-electron chi connectivity index (χ4n) is 3.81. The van der Waals surface area contributed by atoms with Gasteiger partial charge in [-0.3, -0.25) is 14.2 Å². The molecule has 0 unspecified atom stereocenters. The van der Waals surface area contributed by atoms with E-state index >= 15 is 0 Å². The van der Waals surface area contributed by atoms with E-state index in [4.69, 9.17) is 11.6 Å². The molecule has 0 spiro atoms. The SMILES string of the molecule is O=C(Cn1cnc2c(nnn2-c2ccc(Cl)cc2)c1=O)N1CCN(c2ccccc2)CC1. The number of rotatable bonds is 4. The molecular formula is C22H20ClN7O2. The van der Waals surface area contributed by atoms with Crippen molar-refractivity contribution < 1.29 is 4.79 Å². The number of carbonyl (C=O) groups excluding carboxylic acids is 1. The van der Waals surface area contributed by atoms with E-state index in [1.165, 1.54) is 15.6 Å². The van der Waals surface area contributed by atoms with E-state index in [0.717, 1.165) is 18.8 Å². The van der Waals surface area contributed by atoms with E-state index < -0.39 is 5.56 Å². The Morgan fingerprint density at radius 1 is 0.938 bits per heavy atom. The third-order valence-corrected chi connectivity index (χ3v) is 5.81. The number of piperazine rings is 1. The van der Waals surface area contributed by atoms with Gasteiger partial charge in [-0.2, -0.15) is 4.68 Å². The predicted molar refractivity (Wildman–Crippen MR) is 121 cm³/mol. The van der Waals surface area contributed by atoms with Crippen molar-refractivity contribution in [2.45, 2.75) is 6.54 Å². The van der Waals surface area contributed by atoms with Gasteiger partial charge in [-0.25, -0.2) is 4.98 Å². The lowest BCUT2D eigenvalue weighted by Crippen LogP contribution is -2.50. The maximum Gasteiger partial charge on any atom is 0.284 e. The van der Waals surface area contributed by atoms with Crippen LogP contribution in [0, 0.1) is 0 Å². The largest absolute Gasteiger partial charge is 0.368 e. The van der Waals surface area contributed by atoms with E-state index in [1.54, 1.807) is 29.2 Å². The normalized spacial score (nSPS) is 14.2. The first kappa shape index (κ1) is 20.2. The van der Waals surface area contributed by atoms with E-state index in [-0.39, 0.29) is 18.0 Å². The third kappa shape index (κ3) is 3.82. The number of fused-ring (bicyclic) bond motifs is 1. The summed E-state index contributed by atoms with van der Waals surface area (Å²) < 4.78 is 2.76. The van der Waals surface area contributed by atoms with Crippen molar-refractivity contribution in [1.82, 2.24) is 29.4 Å². The van der Waals surface area contributed by atoms with Gasteiger partial charge in [0.1, 0.15) is 12.9 Å². The lowest BCUT2D eigenvalue weighted by atomic mass is 10.2. The highest BCUT2D eigenvalue weighted by Crippen LogP contribution is 2.17. The van der Waals surface area contributed by atoms with Gasteiger partial charge in [-0.1, -0.05) is 35.0 Å². The van der Waals surface area contributed by atoms with Crippen LogP contribution in [0.5, 0.6) is 0 Å². The Labute approximate surface area is 188 Å². The first-order chi connectivity index (χ1) is 15.6. The lowest BCUT2D eigenvalue weighted by Gasteiger charge is -2.36. The zero-order valence-corrected chi connectivity index (χ0v) is 17.9. The molecule has 0 aliphatic carbocycles. The summed E-state index contributed by atoms with van der Waals surface area (Å²) in [5.41, 5.74) is 1.89. The summed E-state index contributed by atoms with van der Waals surface area (Å²) in [4.78, 5) is 34.1. The molecular weight excluding hydrogens is 430 g/mol. The Morgan fingerprint density at radius 3 is 2.38 bits per heavy atom. The van der Waals surface area contributed by atoms with Gasteiger partial charge in [0.25, 0.3) is 5.56 Å². The van der Waals surface area contributed by atoms with E-state index in [0.29, 0.717) is 29.4 Å². The first-order valence-corrected chi connectivity index (χ1v) is 10.6. The first-order valence-electron chi connectivity index (χ1n) is 10.2. The summed E-state index contributed by atoms with van der Waals surface area (Å²) in [6.07, 6.45) is 1.37. The van der Waals surface area contributed by atoms with Crippen LogP contribution < -0.4 is 10.5 Å². The zero-order chi connectivity index (χ0) is 22.1. The van der Waals surface area contributed by atoms with Crippen molar-refractivity contribution in [3.05, 3.63) is 76.3 Å². The molecule has 3 heterocycles. The molecule has 2 aromatic heterocycles. The highest BCUT2D eigenvalue weighted by atomic mass is 35.5. The van der Waals surface area contributed by atoms with Crippen molar-refractivity contribution >= 4 is 34.4 Å². The molecule has 1 saturated heterocycles. The van der Waals surface area contributed by atoms with Gasteiger partial charge in [0.05, 0.1) is 5.69 Å². The van der Waals surface area contributed by atoms with Crippen molar-refractivity contribution in [2.75, 3.05) is 31.1 Å². The lowest BCUT2D eigenvalue weighted by molar-refractivity contribution is -0.132. The molecule has 1 aliphatic heterocycles. The topological polar surface area (TPSA) is 89.1 Å². The number of benzene rings is 2. The van der Waals surface area contributed by atoms with Crippen LogP contribution in [0.3, 0.4) is 0 Å². The average molecular weight is 450 g/mol. The Kier molecular flexibility index (Phi) is 5.32. The number of amides is 1. The highest BCUT2D eigenvalue weighted by molar-refractivity contribution is 6.30. The van der Waals surface area contributed by atoms with Crippen LogP contribution in [0.4, 0.5) is 5.69 Å². The Balaban J connectivity index is 1.30. The molecule has 0 saturated carbocycles. The third-order valence-electron chi connectivity index (χ3n) is 5.56. The number of nitrogens with zero attached hydrogens (tertiary/aromatic N) is 7. The Hall–Kier alpha value is -3.72. The molecule has 1 aliphatic rings. The van der Waals surface area contributed by atoms with E-state index in [1.807, 2.05) is 18.2 Å². The summed E-state index contributed by atoms with van der Waals surface area (Å²) in [5, 5.41) is 8.64. The minimum Gasteiger partial charge on any atom is -0.368 e. The molecule has 0 atom stereocenters. The molecule has 162 valence electrons. The Bertz CT molecular complexity index is 1310. The molecule has 1 amide bonds. The second-order valence-electron chi connectivity index (χ2n) is 7.53. The van der Waals surface area contributed by atoms with Gasteiger partial charge in [0, 0.05) is 36.9 Å². The van der Waals surface area contributed by atoms with Gasteiger partial charge in [0.15, 0.2) is 11.2 Å². The zero-order valence-electron chi connectivity index (χ0n) is 17.1. The van der Waals surface area contributed by atoms with Crippen LogP contribution in [0.2, 0.25) is 5.02 Å². The van der Waals surface area contributed by atoms with Crippen molar-refractivity contribution in [2.24, 2.45) is 0 Å². The second kappa shape index (κ2) is 8.43. The van der Waals surface area contributed by atoms with Crippen molar-refractivity contribution in [3.8, 4) is 5.69 Å². The standard InChI is InChI=1S/C22H20ClN7O2/c23-16-6-8-18(9-7-16)30-21-20(25-26-30)22(32)29(15-24-21)14-19(31)28-12-10-27(11-13-28)17-4-2-1-3-5-17/h1-9,15H,10-14H2. The molecule has 10 heteroatoms. The number of carbonyl (C=O) groups is 1. The fraction of sp³-hybridized carbons (Fsp3) is 0.227. The van der Waals surface area contributed by atoms with Gasteiger partial charge in [-0.05, 0) is 36.4 Å². The minimum absolute atomic E-state index is 0.0824. The smallest absolute Gasteiger partial charge is 0.284 e. The Morgan fingerprint density at radius 2 is 1.66 bits per heavy atom. The molecule has 9 nitrogen and oxygen atoms in total. The van der Waals surface area contributed by atoms with Crippen LogP contribution in [0.25, 0.3) is 16.9 Å². The van der Waals surface area contributed by atoms with Crippen molar-refractivity contribution in [1.29, 1.82) is 0 Å². The number of aromatic nitrogens is 5. The second-order valence-corrected chi connectivity index (χ2v) is 7.97. The monoisotopic (exact) mass is 449 g/mol. The van der Waals surface area contributed by atoms with Gasteiger partial charge < -0.3 is 9.80 Å². The number of halogens is 1. The molecule has 4 aromatic rings.